The zero-order chi connectivity index (χ0) is 14.8. The Morgan fingerprint density at radius 1 is 1.35 bits per heavy atom. The predicted molar refractivity (Wildman–Crippen MR) is 80.9 cm³/mol. The van der Waals surface area contributed by atoms with Crippen LogP contribution >= 0.6 is 0 Å². The van der Waals surface area contributed by atoms with Gasteiger partial charge in [-0.3, -0.25) is 10.1 Å². The van der Waals surface area contributed by atoms with Gasteiger partial charge in [-0.2, -0.15) is 0 Å². The van der Waals surface area contributed by atoms with Crippen LogP contribution in [0, 0.1) is 5.92 Å². The van der Waals surface area contributed by atoms with Gasteiger partial charge in [0.15, 0.2) is 0 Å². The monoisotopic (exact) mass is 282 g/mol. The number of hydrogen-bond acceptors (Lipinski definition) is 3. The van der Waals surface area contributed by atoms with Crippen molar-refractivity contribution in [1.82, 2.24) is 10.2 Å². The summed E-state index contributed by atoms with van der Waals surface area (Å²) in [5.41, 5.74) is -0.711. The SMILES string of the molecule is CC1CCCN(C2CCCC(NC(C)C)(C(=O)O)C2)C1. The van der Waals surface area contributed by atoms with Crippen molar-refractivity contribution in [3.8, 4) is 0 Å². The van der Waals surface area contributed by atoms with Crippen LogP contribution in [-0.4, -0.2) is 46.7 Å². The summed E-state index contributed by atoms with van der Waals surface area (Å²) in [5, 5.41) is 13.1. The maximum Gasteiger partial charge on any atom is 0.323 e. The fraction of sp³-hybridized carbons (Fsp3) is 0.938. The van der Waals surface area contributed by atoms with E-state index in [1.807, 2.05) is 13.8 Å². The molecule has 1 aliphatic heterocycles. The van der Waals surface area contributed by atoms with E-state index in [1.165, 1.54) is 12.8 Å². The molecule has 1 aliphatic carbocycles. The van der Waals surface area contributed by atoms with Crippen LogP contribution < -0.4 is 5.32 Å². The molecule has 3 unspecified atom stereocenters. The van der Waals surface area contributed by atoms with E-state index in [2.05, 4.69) is 17.1 Å². The molecule has 1 saturated heterocycles. The molecule has 0 radical (unpaired) electrons. The van der Waals surface area contributed by atoms with Crippen molar-refractivity contribution >= 4 is 5.97 Å². The van der Waals surface area contributed by atoms with Crippen LogP contribution in [0.4, 0.5) is 0 Å². The van der Waals surface area contributed by atoms with Gasteiger partial charge in [0.05, 0.1) is 0 Å². The summed E-state index contributed by atoms with van der Waals surface area (Å²) < 4.78 is 0. The van der Waals surface area contributed by atoms with Gasteiger partial charge >= 0.3 is 5.97 Å². The molecule has 3 atom stereocenters. The highest BCUT2D eigenvalue weighted by atomic mass is 16.4. The summed E-state index contributed by atoms with van der Waals surface area (Å²) in [6.45, 7) is 8.68. The number of carboxylic acid groups (broad SMARTS) is 1. The van der Waals surface area contributed by atoms with Gasteiger partial charge in [-0.1, -0.05) is 6.92 Å². The van der Waals surface area contributed by atoms with Gasteiger partial charge in [0.2, 0.25) is 0 Å². The summed E-state index contributed by atoms with van der Waals surface area (Å²) >= 11 is 0. The Morgan fingerprint density at radius 3 is 2.70 bits per heavy atom. The van der Waals surface area contributed by atoms with Gasteiger partial charge in [-0.25, -0.2) is 0 Å². The molecule has 2 rings (SSSR count). The lowest BCUT2D eigenvalue weighted by molar-refractivity contribution is -0.148. The molecule has 0 aromatic heterocycles. The second-order valence-electron chi connectivity index (χ2n) is 7.18. The van der Waals surface area contributed by atoms with Crippen molar-refractivity contribution in [2.75, 3.05) is 13.1 Å². The molecule has 2 aliphatic rings. The van der Waals surface area contributed by atoms with Crippen LogP contribution in [0.3, 0.4) is 0 Å². The fourth-order valence-corrected chi connectivity index (χ4v) is 4.05. The van der Waals surface area contributed by atoms with Gasteiger partial charge < -0.3 is 10.0 Å². The first kappa shape index (κ1) is 15.8. The number of carboxylic acids is 1. The molecule has 0 spiro atoms. The number of carbonyl (C=O) groups is 1. The number of nitrogens with one attached hydrogen (secondary N) is 1. The van der Waals surface area contributed by atoms with E-state index in [9.17, 15) is 9.90 Å². The summed E-state index contributed by atoms with van der Waals surface area (Å²) in [7, 11) is 0. The summed E-state index contributed by atoms with van der Waals surface area (Å²) in [4.78, 5) is 14.4. The van der Waals surface area contributed by atoms with Crippen molar-refractivity contribution in [2.45, 2.75) is 76.9 Å². The Balaban J connectivity index is 2.07. The Hall–Kier alpha value is -0.610. The van der Waals surface area contributed by atoms with E-state index < -0.39 is 11.5 Å². The first-order valence-corrected chi connectivity index (χ1v) is 8.18. The van der Waals surface area contributed by atoms with Crippen molar-refractivity contribution in [1.29, 1.82) is 0 Å². The lowest BCUT2D eigenvalue weighted by Crippen LogP contribution is -2.60. The van der Waals surface area contributed by atoms with E-state index in [1.54, 1.807) is 0 Å². The standard InChI is InChI=1S/C16H30N2O2/c1-12(2)17-16(15(19)20)8-4-7-14(10-16)18-9-5-6-13(3)11-18/h12-14,17H,4-11H2,1-3H3,(H,19,20). The minimum atomic E-state index is -0.711. The topological polar surface area (TPSA) is 52.6 Å². The number of likely N-dealkylation sites (tertiary alicyclic amines) is 1. The zero-order valence-electron chi connectivity index (χ0n) is 13.2. The molecule has 2 fully saturated rings. The highest BCUT2D eigenvalue weighted by Crippen LogP contribution is 2.34. The van der Waals surface area contributed by atoms with Crippen LogP contribution in [0.15, 0.2) is 0 Å². The molecular weight excluding hydrogens is 252 g/mol. The Morgan fingerprint density at radius 2 is 2.10 bits per heavy atom. The number of hydrogen-bond donors (Lipinski definition) is 2. The average molecular weight is 282 g/mol. The van der Waals surface area contributed by atoms with E-state index >= 15 is 0 Å². The molecule has 0 aromatic rings. The van der Waals surface area contributed by atoms with Gasteiger partial charge in [0.1, 0.15) is 5.54 Å². The highest BCUT2D eigenvalue weighted by molar-refractivity contribution is 5.79. The molecule has 0 bridgehead atoms. The Kier molecular flexibility index (Phi) is 5.08. The second-order valence-corrected chi connectivity index (χ2v) is 7.18. The summed E-state index contributed by atoms with van der Waals surface area (Å²) in [6.07, 6.45) is 6.27. The summed E-state index contributed by atoms with van der Waals surface area (Å²) in [6, 6.07) is 0.652. The van der Waals surface area contributed by atoms with Crippen molar-refractivity contribution < 1.29 is 9.90 Å². The largest absolute Gasteiger partial charge is 0.480 e. The molecule has 1 saturated carbocycles. The third-order valence-corrected chi connectivity index (χ3v) is 4.90. The number of nitrogens with zero attached hydrogens (tertiary/aromatic N) is 1. The maximum absolute atomic E-state index is 11.8. The number of rotatable bonds is 4. The molecule has 0 amide bonds. The Bertz CT molecular complexity index is 345. The Labute approximate surface area is 122 Å². The van der Waals surface area contributed by atoms with Crippen LogP contribution in [0.1, 0.15) is 59.3 Å². The van der Waals surface area contributed by atoms with Crippen LogP contribution in [0.2, 0.25) is 0 Å². The molecule has 20 heavy (non-hydrogen) atoms. The first-order chi connectivity index (χ1) is 9.43. The van der Waals surface area contributed by atoms with Gasteiger partial charge in [0.25, 0.3) is 0 Å². The van der Waals surface area contributed by atoms with Gasteiger partial charge in [0, 0.05) is 18.6 Å². The molecule has 1 heterocycles. The molecule has 4 heteroatoms. The lowest BCUT2D eigenvalue weighted by Gasteiger charge is -2.45. The van der Waals surface area contributed by atoms with Crippen molar-refractivity contribution in [3.05, 3.63) is 0 Å². The van der Waals surface area contributed by atoms with Gasteiger partial charge in [-0.05, 0) is 64.8 Å². The van der Waals surface area contributed by atoms with Crippen LogP contribution in [0.25, 0.3) is 0 Å². The lowest BCUT2D eigenvalue weighted by atomic mass is 9.77. The average Bonchev–Trinajstić information content (AvgIpc) is 2.38. The van der Waals surface area contributed by atoms with E-state index in [-0.39, 0.29) is 6.04 Å². The van der Waals surface area contributed by atoms with Crippen molar-refractivity contribution in [2.24, 2.45) is 5.92 Å². The van der Waals surface area contributed by atoms with E-state index in [4.69, 9.17) is 0 Å². The summed E-state index contributed by atoms with van der Waals surface area (Å²) in [5.74, 6) is 0.0870. The fourth-order valence-electron chi connectivity index (χ4n) is 4.05. The molecule has 116 valence electrons. The minimum Gasteiger partial charge on any atom is -0.480 e. The van der Waals surface area contributed by atoms with Gasteiger partial charge in [-0.15, -0.1) is 0 Å². The molecule has 2 N–H and O–H groups in total. The van der Waals surface area contributed by atoms with Crippen LogP contribution in [0.5, 0.6) is 0 Å². The van der Waals surface area contributed by atoms with E-state index in [0.717, 1.165) is 44.7 Å². The smallest absolute Gasteiger partial charge is 0.323 e. The number of aliphatic carboxylic acids is 1. The van der Waals surface area contributed by atoms with Crippen molar-refractivity contribution in [3.63, 3.8) is 0 Å². The molecule has 0 aromatic carbocycles. The quantitative estimate of drug-likeness (QED) is 0.832. The number of piperidine rings is 1. The minimum absolute atomic E-state index is 0.213. The molecular formula is C16H30N2O2. The maximum atomic E-state index is 11.8. The zero-order valence-corrected chi connectivity index (χ0v) is 13.2. The highest BCUT2D eigenvalue weighted by Gasteiger charge is 2.44. The third kappa shape index (κ3) is 3.53. The molecule has 4 nitrogen and oxygen atoms in total. The third-order valence-electron chi connectivity index (χ3n) is 4.90. The van der Waals surface area contributed by atoms with E-state index in [0.29, 0.717) is 6.04 Å². The first-order valence-electron chi connectivity index (χ1n) is 8.18. The second kappa shape index (κ2) is 6.44. The normalized spacial score (nSPS) is 36.2. The predicted octanol–water partition coefficient (Wildman–Crippen LogP) is 2.48. The van der Waals surface area contributed by atoms with Crippen LogP contribution in [-0.2, 0) is 4.79 Å².